The van der Waals surface area contributed by atoms with Crippen LogP contribution < -0.4 is 5.73 Å². The van der Waals surface area contributed by atoms with Gasteiger partial charge in [-0.3, -0.25) is 0 Å². The second-order valence-electron chi connectivity index (χ2n) is 5.75. The number of sulfone groups is 1. The Balaban J connectivity index is 4.67. The van der Waals surface area contributed by atoms with Crippen molar-refractivity contribution >= 4 is 9.84 Å². The molecule has 92 valence electrons. The molecule has 3 nitrogen and oxygen atoms in total. The second kappa shape index (κ2) is 4.83. The lowest BCUT2D eigenvalue weighted by Crippen LogP contribution is -2.43. The maximum Gasteiger partial charge on any atom is 0.154 e. The van der Waals surface area contributed by atoms with Gasteiger partial charge in [0.2, 0.25) is 0 Å². The predicted molar refractivity (Wildman–Crippen MR) is 65.5 cm³/mol. The Morgan fingerprint density at radius 1 is 1.13 bits per heavy atom. The zero-order valence-corrected chi connectivity index (χ0v) is 11.6. The first-order chi connectivity index (χ1) is 6.48. The van der Waals surface area contributed by atoms with Crippen LogP contribution in [0.4, 0.5) is 0 Å². The van der Waals surface area contributed by atoms with Gasteiger partial charge < -0.3 is 5.73 Å². The van der Waals surface area contributed by atoms with Gasteiger partial charge >= 0.3 is 0 Å². The minimum Gasteiger partial charge on any atom is -0.326 e. The van der Waals surface area contributed by atoms with Crippen LogP contribution >= 0.6 is 0 Å². The lowest BCUT2D eigenvalue weighted by molar-refractivity contribution is 0.339. The molecule has 2 unspecified atom stereocenters. The lowest BCUT2D eigenvalue weighted by Gasteiger charge is -2.28. The first kappa shape index (κ1) is 14.9. The second-order valence-corrected chi connectivity index (χ2v) is 8.15. The molecule has 2 N–H and O–H groups in total. The minimum atomic E-state index is -3.07. The molecule has 0 amide bonds. The Labute approximate surface area is 94.4 Å². The van der Waals surface area contributed by atoms with Gasteiger partial charge in [-0.05, 0) is 18.3 Å². The molecule has 0 saturated heterocycles. The van der Waals surface area contributed by atoms with Gasteiger partial charge in [-0.25, -0.2) is 8.42 Å². The van der Waals surface area contributed by atoms with Gasteiger partial charge in [0, 0.05) is 6.04 Å². The Hall–Kier alpha value is -0.0900. The Morgan fingerprint density at radius 2 is 1.53 bits per heavy atom. The van der Waals surface area contributed by atoms with Crippen LogP contribution in [0, 0.1) is 11.3 Å². The van der Waals surface area contributed by atoms with E-state index >= 15 is 0 Å². The molecule has 4 heteroatoms. The van der Waals surface area contributed by atoms with Gasteiger partial charge in [0.15, 0.2) is 9.84 Å². The summed E-state index contributed by atoms with van der Waals surface area (Å²) in [5, 5.41) is -0.314. The maximum atomic E-state index is 11.9. The first-order valence-electron chi connectivity index (χ1n) is 5.45. The lowest BCUT2D eigenvalue weighted by atomic mass is 9.89. The molecule has 0 fully saturated rings. The number of rotatable bonds is 4. The summed E-state index contributed by atoms with van der Waals surface area (Å²) in [6.45, 7) is 11.5. The molecule has 15 heavy (non-hydrogen) atoms. The summed E-state index contributed by atoms with van der Waals surface area (Å²) >= 11 is 0. The molecule has 0 aliphatic heterocycles. The van der Waals surface area contributed by atoms with E-state index in [1.807, 2.05) is 34.6 Å². The molecule has 0 rings (SSSR count). The summed E-state index contributed by atoms with van der Waals surface area (Å²) in [5.74, 6) is 0.220. The minimum absolute atomic E-state index is 0.0792. The molecule has 0 aliphatic carbocycles. The quantitative estimate of drug-likeness (QED) is 0.808. The van der Waals surface area contributed by atoms with E-state index < -0.39 is 9.84 Å². The predicted octanol–water partition coefficient (Wildman–Crippen LogP) is 1.82. The monoisotopic (exact) mass is 235 g/mol. The standard InChI is InChI=1S/C11H25NO2S/c1-8(2)9(3)15(13,14)7-10(12)11(4,5)6/h8-10H,7,12H2,1-6H3. The highest BCUT2D eigenvalue weighted by Gasteiger charge is 2.30. The summed E-state index contributed by atoms with van der Waals surface area (Å²) in [5.41, 5.74) is 5.73. The highest BCUT2D eigenvalue weighted by molar-refractivity contribution is 7.92. The molecule has 0 saturated carbocycles. The molecule has 0 spiro atoms. The van der Waals surface area contributed by atoms with Crippen LogP contribution in [0.2, 0.25) is 0 Å². The molecule has 0 aliphatic rings. The van der Waals surface area contributed by atoms with Crippen molar-refractivity contribution in [3.63, 3.8) is 0 Å². The molecule has 0 aromatic heterocycles. The topological polar surface area (TPSA) is 60.2 Å². The molecule has 0 heterocycles. The van der Waals surface area contributed by atoms with E-state index in [-0.39, 0.29) is 28.4 Å². The van der Waals surface area contributed by atoms with Gasteiger partial charge in [0.1, 0.15) is 0 Å². The third-order valence-electron chi connectivity index (χ3n) is 3.03. The van der Waals surface area contributed by atoms with E-state index in [2.05, 4.69) is 0 Å². The fourth-order valence-corrected chi connectivity index (χ4v) is 3.20. The summed E-state index contributed by atoms with van der Waals surface area (Å²) in [7, 11) is -3.07. The van der Waals surface area contributed by atoms with E-state index in [9.17, 15) is 8.42 Å². The van der Waals surface area contributed by atoms with Crippen molar-refractivity contribution in [1.82, 2.24) is 0 Å². The summed E-state index contributed by atoms with van der Waals surface area (Å²) in [6.07, 6.45) is 0. The number of nitrogens with two attached hydrogens (primary N) is 1. The molecular weight excluding hydrogens is 210 g/mol. The SMILES string of the molecule is CC(C)C(C)S(=O)(=O)CC(N)C(C)(C)C. The molecule has 0 radical (unpaired) electrons. The summed E-state index contributed by atoms with van der Waals surface area (Å²) < 4.78 is 23.9. The number of hydrogen-bond donors (Lipinski definition) is 1. The largest absolute Gasteiger partial charge is 0.326 e. The average Bonchev–Trinajstić information content (AvgIpc) is 2.00. The van der Waals surface area contributed by atoms with Crippen LogP contribution in [-0.4, -0.2) is 25.5 Å². The van der Waals surface area contributed by atoms with Gasteiger partial charge in [-0.1, -0.05) is 34.6 Å². The van der Waals surface area contributed by atoms with Crippen LogP contribution in [-0.2, 0) is 9.84 Å². The summed E-state index contributed by atoms with van der Waals surface area (Å²) in [6, 6.07) is -0.302. The van der Waals surface area contributed by atoms with Gasteiger partial charge in [0.25, 0.3) is 0 Å². The Morgan fingerprint density at radius 3 is 1.80 bits per heavy atom. The highest BCUT2D eigenvalue weighted by Crippen LogP contribution is 2.21. The highest BCUT2D eigenvalue weighted by atomic mass is 32.2. The first-order valence-corrected chi connectivity index (χ1v) is 7.17. The van der Waals surface area contributed by atoms with Crippen LogP contribution in [0.1, 0.15) is 41.5 Å². The van der Waals surface area contributed by atoms with Gasteiger partial charge in [-0.15, -0.1) is 0 Å². The third-order valence-corrected chi connectivity index (χ3v) is 5.53. The maximum absolute atomic E-state index is 11.9. The van der Waals surface area contributed by atoms with E-state index in [0.717, 1.165) is 0 Å². The van der Waals surface area contributed by atoms with Crippen molar-refractivity contribution in [3.8, 4) is 0 Å². The zero-order valence-electron chi connectivity index (χ0n) is 10.7. The van der Waals surface area contributed by atoms with Crippen LogP contribution in [0.5, 0.6) is 0 Å². The third kappa shape index (κ3) is 4.51. The van der Waals surface area contributed by atoms with Gasteiger partial charge in [0.05, 0.1) is 11.0 Å². The fourth-order valence-electron chi connectivity index (χ4n) is 1.07. The Bertz CT molecular complexity index is 288. The van der Waals surface area contributed by atoms with Crippen molar-refractivity contribution in [3.05, 3.63) is 0 Å². The fraction of sp³-hybridized carbons (Fsp3) is 1.00. The smallest absolute Gasteiger partial charge is 0.154 e. The molecule has 0 aromatic rings. The van der Waals surface area contributed by atoms with E-state index in [1.165, 1.54) is 0 Å². The van der Waals surface area contributed by atoms with Crippen LogP contribution in [0.15, 0.2) is 0 Å². The van der Waals surface area contributed by atoms with Crippen molar-refractivity contribution in [2.24, 2.45) is 17.1 Å². The van der Waals surface area contributed by atoms with Crippen molar-refractivity contribution in [2.75, 3.05) is 5.75 Å². The van der Waals surface area contributed by atoms with Crippen molar-refractivity contribution in [1.29, 1.82) is 0 Å². The number of hydrogen-bond acceptors (Lipinski definition) is 3. The average molecular weight is 235 g/mol. The zero-order chi connectivity index (χ0) is 12.4. The van der Waals surface area contributed by atoms with E-state index in [0.29, 0.717) is 0 Å². The van der Waals surface area contributed by atoms with Crippen molar-refractivity contribution < 1.29 is 8.42 Å². The Kier molecular flexibility index (Phi) is 4.80. The molecule has 0 aromatic carbocycles. The van der Waals surface area contributed by atoms with E-state index in [4.69, 9.17) is 5.73 Å². The van der Waals surface area contributed by atoms with Crippen molar-refractivity contribution in [2.45, 2.75) is 52.8 Å². The van der Waals surface area contributed by atoms with Crippen LogP contribution in [0.25, 0.3) is 0 Å². The molecular formula is C11H25NO2S. The summed E-state index contributed by atoms with van der Waals surface area (Å²) in [4.78, 5) is 0. The van der Waals surface area contributed by atoms with Gasteiger partial charge in [-0.2, -0.15) is 0 Å². The normalized spacial score (nSPS) is 17.9. The van der Waals surface area contributed by atoms with Crippen LogP contribution in [0.3, 0.4) is 0 Å². The molecule has 2 atom stereocenters. The molecule has 0 bridgehead atoms. The van der Waals surface area contributed by atoms with E-state index in [1.54, 1.807) is 6.92 Å².